The van der Waals surface area contributed by atoms with E-state index in [1.165, 1.54) is 19.3 Å². The SMILES string of the molecule is CC(C)(C)CCCCCC(=O)C(C)(C)C. The standard InChI is InChI=1S/C14H28O/c1-13(2,3)11-9-7-8-10-12(15)14(4,5)6/h7-11H2,1-6H3. The van der Waals surface area contributed by atoms with E-state index in [0.717, 1.165) is 12.8 Å². The van der Waals surface area contributed by atoms with Crippen LogP contribution in [0.1, 0.15) is 73.6 Å². The van der Waals surface area contributed by atoms with Crippen molar-refractivity contribution in [2.45, 2.75) is 73.6 Å². The molecule has 0 aliphatic carbocycles. The van der Waals surface area contributed by atoms with Gasteiger partial charge in [0, 0.05) is 11.8 Å². The smallest absolute Gasteiger partial charge is 0.138 e. The van der Waals surface area contributed by atoms with Crippen molar-refractivity contribution < 1.29 is 4.79 Å². The van der Waals surface area contributed by atoms with Gasteiger partial charge in [0.2, 0.25) is 0 Å². The quantitative estimate of drug-likeness (QED) is 0.609. The normalized spacial score (nSPS) is 12.9. The second kappa shape index (κ2) is 5.67. The van der Waals surface area contributed by atoms with Gasteiger partial charge >= 0.3 is 0 Å². The van der Waals surface area contributed by atoms with Gasteiger partial charge in [-0.15, -0.1) is 0 Å². The third kappa shape index (κ3) is 8.65. The number of rotatable bonds is 5. The fourth-order valence-corrected chi connectivity index (χ4v) is 1.49. The van der Waals surface area contributed by atoms with Crippen molar-refractivity contribution in [2.24, 2.45) is 10.8 Å². The molecule has 90 valence electrons. The van der Waals surface area contributed by atoms with E-state index in [1.807, 2.05) is 20.8 Å². The summed E-state index contributed by atoms with van der Waals surface area (Å²) in [4.78, 5) is 11.6. The summed E-state index contributed by atoms with van der Waals surface area (Å²) in [5.41, 5.74) is 0.290. The van der Waals surface area contributed by atoms with Gasteiger partial charge in [-0.1, -0.05) is 54.4 Å². The average molecular weight is 212 g/mol. The van der Waals surface area contributed by atoms with Gasteiger partial charge in [-0.05, 0) is 18.3 Å². The van der Waals surface area contributed by atoms with E-state index in [9.17, 15) is 4.79 Å². The maximum atomic E-state index is 11.6. The lowest BCUT2D eigenvalue weighted by Crippen LogP contribution is -2.19. The van der Waals surface area contributed by atoms with Crippen LogP contribution in [0.5, 0.6) is 0 Å². The summed E-state index contributed by atoms with van der Waals surface area (Å²) in [6, 6.07) is 0. The van der Waals surface area contributed by atoms with Crippen molar-refractivity contribution in [3.05, 3.63) is 0 Å². The van der Waals surface area contributed by atoms with Crippen molar-refractivity contribution in [2.75, 3.05) is 0 Å². The molecule has 0 aromatic rings. The van der Waals surface area contributed by atoms with Crippen LogP contribution in [0.25, 0.3) is 0 Å². The highest BCUT2D eigenvalue weighted by Crippen LogP contribution is 2.23. The Kier molecular flexibility index (Phi) is 5.55. The number of hydrogen-bond acceptors (Lipinski definition) is 1. The average Bonchev–Trinajstić information content (AvgIpc) is 1.99. The molecule has 0 N–H and O–H groups in total. The molecule has 0 rings (SSSR count). The Balaban J connectivity index is 3.53. The monoisotopic (exact) mass is 212 g/mol. The Morgan fingerprint density at radius 2 is 1.40 bits per heavy atom. The van der Waals surface area contributed by atoms with Crippen LogP contribution in [0, 0.1) is 10.8 Å². The lowest BCUT2D eigenvalue weighted by Gasteiger charge is -2.18. The highest BCUT2D eigenvalue weighted by Gasteiger charge is 2.20. The minimum atomic E-state index is -0.149. The largest absolute Gasteiger partial charge is 0.299 e. The minimum absolute atomic E-state index is 0.149. The molecule has 1 nitrogen and oxygen atoms in total. The van der Waals surface area contributed by atoms with Gasteiger partial charge in [0.15, 0.2) is 0 Å². The Morgan fingerprint density at radius 3 is 1.80 bits per heavy atom. The van der Waals surface area contributed by atoms with Crippen molar-refractivity contribution in [1.29, 1.82) is 0 Å². The number of ketones is 1. The van der Waals surface area contributed by atoms with Crippen molar-refractivity contribution in [3.63, 3.8) is 0 Å². The van der Waals surface area contributed by atoms with E-state index in [0.29, 0.717) is 11.2 Å². The molecular weight excluding hydrogens is 184 g/mol. The van der Waals surface area contributed by atoms with Crippen LogP contribution in [0.2, 0.25) is 0 Å². The molecule has 0 amide bonds. The minimum Gasteiger partial charge on any atom is -0.299 e. The van der Waals surface area contributed by atoms with E-state index in [-0.39, 0.29) is 5.41 Å². The zero-order valence-corrected chi connectivity index (χ0v) is 11.4. The molecule has 0 radical (unpaired) electrons. The van der Waals surface area contributed by atoms with Gasteiger partial charge in [-0.2, -0.15) is 0 Å². The topological polar surface area (TPSA) is 17.1 Å². The highest BCUT2D eigenvalue weighted by atomic mass is 16.1. The third-order valence-electron chi connectivity index (χ3n) is 2.67. The molecule has 0 unspecified atom stereocenters. The molecule has 0 saturated carbocycles. The van der Waals surface area contributed by atoms with Crippen LogP contribution < -0.4 is 0 Å². The van der Waals surface area contributed by atoms with E-state index in [4.69, 9.17) is 0 Å². The van der Waals surface area contributed by atoms with Crippen molar-refractivity contribution >= 4 is 5.78 Å². The molecule has 0 saturated heterocycles. The number of carbonyl (C=O) groups is 1. The molecule has 0 bridgehead atoms. The first kappa shape index (κ1) is 14.7. The molecule has 1 heteroatoms. The van der Waals surface area contributed by atoms with Crippen molar-refractivity contribution in [1.82, 2.24) is 0 Å². The predicted molar refractivity (Wildman–Crippen MR) is 67.0 cm³/mol. The van der Waals surface area contributed by atoms with Crippen LogP contribution in [0.15, 0.2) is 0 Å². The summed E-state index contributed by atoms with van der Waals surface area (Å²) in [7, 11) is 0. The molecule has 0 atom stereocenters. The van der Waals surface area contributed by atoms with Crippen LogP contribution in [-0.2, 0) is 4.79 Å². The van der Waals surface area contributed by atoms with Gasteiger partial charge in [0.25, 0.3) is 0 Å². The molecule has 0 aromatic carbocycles. The Bertz CT molecular complexity index is 190. The van der Waals surface area contributed by atoms with Gasteiger partial charge in [0.1, 0.15) is 5.78 Å². The fourth-order valence-electron chi connectivity index (χ4n) is 1.49. The zero-order valence-electron chi connectivity index (χ0n) is 11.4. The van der Waals surface area contributed by atoms with Gasteiger partial charge in [-0.25, -0.2) is 0 Å². The first-order chi connectivity index (χ1) is 6.63. The lowest BCUT2D eigenvalue weighted by molar-refractivity contribution is -0.126. The van der Waals surface area contributed by atoms with E-state index in [1.54, 1.807) is 0 Å². The van der Waals surface area contributed by atoms with E-state index in [2.05, 4.69) is 20.8 Å². The summed E-state index contributed by atoms with van der Waals surface area (Å²) in [5, 5.41) is 0. The Morgan fingerprint density at radius 1 is 0.867 bits per heavy atom. The summed E-state index contributed by atoms with van der Waals surface area (Å²) in [6.45, 7) is 12.8. The second-order valence-corrected chi connectivity index (χ2v) is 6.79. The van der Waals surface area contributed by atoms with E-state index >= 15 is 0 Å². The molecule has 0 aromatic heterocycles. The molecule has 0 aliphatic rings. The first-order valence-electron chi connectivity index (χ1n) is 6.16. The molecule has 0 fully saturated rings. The van der Waals surface area contributed by atoms with Gasteiger partial charge < -0.3 is 0 Å². The van der Waals surface area contributed by atoms with Crippen LogP contribution in [-0.4, -0.2) is 5.78 Å². The predicted octanol–water partition coefficient (Wildman–Crippen LogP) is 4.60. The molecule has 0 aliphatic heterocycles. The molecular formula is C14H28O. The lowest BCUT2D eigenvalue weighted by atomic mass is 9.86. The van der Waals surface area contributed by atoms with Crippen LogP contribution in [0.3, 0.4) is 0 Å². The second-order valence-electron chi connectivity index (χ2n) is 6.79. The number of carbonyl (C=O) groups excluding carboxylic acids is 1. The van der Waals surface area contributed by atoms with Gasteiger partial charge in [-0.3, -0.25) is 4.79 Å². The summed E-state index contributed by atoms with van der Waals surface area (Å²) in [6.07, 6.45) is 5.52. The Hall–Kier alpha value is -0.330. The fraction of sp³-hybridized carbons (Fsp3) is 0.929. The van der Waals surface area contributed by atoms with Crippen LogP contribution >= 0.6 is 0 Å². The first-order valence-corrected chi connectivity index (χ1v) is 6.16. The molecule has 0 spiro atoms. The maximum Gasteiger partial charge on any atom is 0.138 e. The summed E-state index contributed by atoms with van der Waals surface area (Å²) >= 11 is 0. The van der Waals surface area contributed by atoms with E-state index < -0.39 is 0 Å². The summed E-state index contributed by atoms with van der Waals surface area (Å²) < 4.78 is 0. The number of Topliss-reactive ketones (excluding diaryl/α,β-unsaturated/α-hetero) is 1. The van der Waals surface area contributed by atoms with Crippen LogP contribution in [0.4, 0.5) is 0 Å². The number of unbranched alkanes of at least 4 members (excludes halogenated alkanes) is 2. The zero-order chi connectivity index (χ0) is 12.1. The highest BCUT2D eigenvalue weighted by molar-refractivity contribution is 5.83. The number of hydrogen-bond donors (Lipinski definition) is 0. The van der Waals surface area contributed by atoms with Gasteiger partial charge in [0.05, 0.1) is 0 Å². The maximum absolute atomic E-state index is 11.6. The van der Waals surface area contributed by atoms with Crippen molar-refractivity contribution in [3.8, 4) is 0 Å². The molecule has 0 heterocycles. The summed E-state index contributed by atoms with van der Waals surface area (Å²) in [5.74, 6) is 0.401. The Labute approximate surface area is 95.6 Å². The molecule has 15 heavy (non-hydrogen) atoms. The third-order valence-corrected chi connectivity index (χ3v) is 2.67.